The minimum Gasteiger partial charge on any atom is -0.699 e. The Morgan fingerprint density at radius 1 is 1.16 bits per heavy atom. The van der Waals surface area contributed by atoms with Gasteiger partial charge in [-0.05, 0) is 12.1 Å². The van der Waals surface area contributed by atoms with Gasteiger partial charge < -0.3 is 15.3 Å². The van der Waals surface area contributed by atoms with Gasteiger partial charge in [0.2, 0.25) is 0 Å². The number of hydrogen-bond donors (Lipinski definition) is 0. The first kappa shape index (κ1) is 12.9. The SMILES string of the molecule is [NH-]c1ccc(OCC(=O)ON2C(=O)CCC2=O)cc1. The Labute approximate surface area is 108 Å². The second kappa shape index (κ2) is 5.38. The third-order valence-corrected chi connectivity index (χ3v) is 2.41. The van der Waals surface area contributed by atoms with Gasteiger partial charge in [0, 0.05) is 12.8 Å². The second-order valence-electron chi connectivity index (χ2n) is 3.86. The van der Waals surface area contributed by atoms with Crippen molar-refractivity contribution in [3.05, 3.63) is 30.0 Å². The molecule has 1 aliphatic heterocycles. The topological polar surface area (TPSA) is 96.7 Å². The number of hydroxylamine groups is 2. The molecule has 100 valence electrons. The van der Waals surface area contributed by atoms with E-state index in [4.69, 9.17) is 10.5 Å². The van der Waals surface area contributed by atoms with Crippen molar-refractivity contribution in [3.63, 3.8) is 0 Å². The van der Waals surface area contributed by atoms with E-state index in [-0.39, 0.29) is 12.8 Å². The molecule has 0 unspecified atom stereocenters. The van der Waals surface area contributed by atoms with Crippen LogP contribution in [0.2, 0.25) is 0 Å². The lowest BCUT2D eigenvalue weighted by atomic mass is 10.3. The van der Waals surface area contributed by atoms with Gasteiger partial charge in [0.05, 0.1) is 0 Å². The van der Waals surface area contributed by atoms with E-state index >= 15 is 0 Å². The number of carbonyl (C=O) groups is 3. The van der Waals surface area contributed by atoms with Crippen molar-refractivity contribution in [2.75, 3.05) is 6.61 Å². The molecule has 0 bridgehead atoms. The van der Waals surface area contributed by atoms with Crippen LogP contribution in [0.1, 0.15) is 12.8 Å². The average Bonchev–Trinajstić information content (AvgIpc) is 2.70. The molecule has 1 aromatic carbocycles. The van der Waals surface area contributed by atoms with Crippen LogP contribution in [0.25, 0.3) is 5.73 Å². The van der Waals surface area contributed by atoms with Crippen molar-refractivity contribution < 1.29 is 24.0 Å². The lowest BCUT2D eigenvalue weighted by Crippen LogP contribution is -2.33. The largest absolute Gasteiger partial charge is 0.699 e. The summed E-state index contributed by atoms with van der Waals surface area (Å²) in [6, 6.07) is 6.08. The maximum Gasteiger partial charge on any atom is 0.370 e. The summed E-state index contributed by atoms with van der Waals surface area (Å²) in [7, 11) is 0. The van der Waals surface area contributed by atoms with Crippen LogP contribution in [-0.2, 0) is 19.2 Å². The highest BCUT2D eigenvalue weighted by Crippen LogP contribution is 2.17. The van der Waals surface area contributed by atoms with Crippen LogP contribution < -0.4 is 4.74 Å². The summed E-state index contributed by atoms with van der Waals surface area (Å²) in [5, 5.41) is 0.471. The number of imide groups is 1. The molecule has 19 heavy (non-hydrogen) atoms. The molecule has 0 aromatic heterocycles. The van der Waals surface area contributed by atoms with Crippen LogP contribution in [0.5, 0.6) is 5.75 Å². The molecule has 0 atom stereocenters. The van der Waals surface area contributed by atoms with Crippen molar-refractivity contribution in [2.24, 2.45) is 0 Å². The summed E-state index contributed by atoms with van der Waals surface area (Å²) in [5.74, 6) is -1.50. The minimum atomic E-state index is -0.835. The Kier molecular flexibility index (Phi) is 3.65. The Hall–Kier alpha value is -2.57. The van der Waals surface area contributed by atoms with E-state index in [0.717, 1.165) is 0 Å². The van der Waals surface area contributed by atoms with E-state index < -0.39 is 24.4 Å². The number of ether oxygens (including phenoxy) is 1. The molecule has 1 heterocycles. The average molecular weight is 263 g/mol. The quantitative estimate of drug-likeness (QED) is 0.764. The van der Waals surface area contributed by atoms with Crippen molar-refractivity contribution in [3.8, 4) is 5.75 Å². The molecule has 7 nitrogen and oxygen atoms in total. The van der Waals surface area contributed by atoms with Crippen molar-refractivity contribution in [1.29, 1.82) is 0 Å². The Bertz CT molecular complexity index is 495. The predicted octanol–water partition coefficient (Wildman–Crippen LogP) is 1.36. The molecule has 0 saturated carbocycles. The number of benzene rings is 1. The number of carbonyl (C=O) groups excluding carboxylic acids is 3. The third-order valence-electron chi connectivity index (χ3n) is 2.41. The number of hydrogen-bond acceptors (Lipinski definition) is 5. The van der Waals surface area contributed by atoms with Gasteiger partial charge in [-0.3, -0.25) is 9.59 Å². The van der Waals surface area contributed by atoms with E-state index in [2.05, 4.69) is 4.84 Å². The highest BCUT2D eigenvalue weighted by Gasteiger charge is 2.32. The second-order valence-corrected chi connectivity index (χ2v) is 3.86. The predicted molar refractivity (Wildman–Crippen MR) is 63.1 cm³/mol. The van der Waals surface area contributed by atoms with Gasteiger partial charge in [-0.2, -0.15) is 0 Å². The zero-order valence-electron chi connectivity index (χ0n) is 9.92. The zero-order valence-corrected chi connectivity index (χ0v) is 9.92. The molecule has 0 spiro atoms. The van der Waals surface area contributed by atoms with E-state index in [1.54, 1.807) is 0 Å². The van der Waals surface area contributed by atoms with Crippen LogP contribution in [0, 0.1) is 0 Å². The van der Waals surface area contributed by atoms with Crippen LogP contribution in [0.4, 0.5) is 5.69 Å². The fourth-order valence-corrected chi connectivity index (χ4v) is 1.48. The summed E-state index contributed by atoms with van der Waals surface area (Å²) >= 11 is 0. The van der Waals surface area contributed by atoms with Gasteiger partial charge >= 0.3 is 5.97 Å². The minimum absolute atomic E-state index is 0.0535. The summed E-state index contributed by atoms with van der Waals surface area (Å²) in [6.45, 7) is -0.422. The highest BCUT2D eigenvalue weighted by molar-refractivity contribution is 6.01. The van der Waals surface area contributed by atoms with Crippen LogP contribution in [0.15, 0.2) is 24.3 Å². The Morgan fingerprint density at radius 3 is 2.32 bits per heavy atom. The monoisotopic (exact) mass is 263 g/mol. The molecule has 1 N–H and O–H groups in total. The lowest BCUT2D eigenvalue weighted by molar-refractivity contribution is -0.198. The summed E-state index contributed by atoms with van der Waals surface area (Å²) in [6.07, 6.45) is 0.107. The number of nitrogens with one attached hydrogen (secondary N) is 1. The molecule has 1 saturated heterocycles. The first-order valence-corrected chi connectivity index (χ1v) is 5.57. The molecule has 2 amide bonds. The number of rotatable bonds is 4. The molecule has 2 rings (SSSR count). The first-order chi connectivity index (χ1) is 9.06. The zero-order chi connectivity index (χ0) is 13.8. The molecule has 1 aromatic rings. The fourth-order valence-electron chi connectivity index (χ4n) is 1.48. The van der Waals surface area contributed by atoms with Crippen LogP contribution >= 0.6 is 0 Å². The summed E-state index contributed by atoms with van der Waals surface area (Å²) in [4.78, 5) is 38.4. The standard InChI is InChI=1S/C12H11N2O5/c13-8-1-3-9(4-2-8)18-7-12(17)19-14-10(15)5-6-11(14)16/h1-4,13H,5-7H2/q-1. The Balaban J connectivity index is 1.83. The molecule has 1 aliphatic rings. The smallest absolute Gasteiger partial charge is 0.370 e. The van der Waals surface area contributed by atoms with Crippen molar-refractivity contribution in [2.45, 2.75) is 12.8 Å². The van der Waals surface area contributed by atoms with Gasteiger partial charge in [0.15, 0.2) is 6.61 Å². The molecular formula is C12H11N2O5-. The highest BCUT2D eigenvalue weighted by atomic mass is 16.7. The molecule has 7 heteroatoms. The first-order valence-electron chi connectivity index (χ1n) is 5.57. The Morgan fingerprint density at radius 2 is 1.74 bits per heavy atom. The van der Waals surface area contributed by atoms with Gasteiger partial charge in [-0.25, -0.2) is 4.79 Å². The molecule has 0 radical (unpaired) electrons. The maximum atomic E-state index is 11.4. The van der Waals surface area contributed by atoms with Crippen molar-refractivity contribution in [1.82, 2.24) is 5.06 Å². The third kappa shape index (κ3) is 3.21. The van der Waals surface area contributed by atoms with E-state index in [1.165, 1.54) is 24.3 Å². The van der Waals surface area contributed by atoms with Gasteiger partial charge in [0.25, 0.3) is 11.8 Å². The lowest BCUT2D eigenvalue weighted by Gasteiger charge is -2.13. The fraction of sp³-hybridized carbons (Fsp3) is 0.250. The van der Waals surface area contributed by atoms with Gasteiger partial charge in [-0.1, -0.05) is 12.1 Å². The van der Waals surface area contributed by atoms with E-state index in [1.807, 2.05) is 0 Å². The van der Waals surface area contributed by atoms with Crippen LogP contribution in [0.3, 0.4) is 0 Å². The van der Waals surface area contributed by atoms with Gasteiger partial charge in [0.1, 0.15) is 5.75 Å². The van der Waals surface area contributed by atoms with E-state index in [0.29, 0.717) is 16.5 Å². The van der Waals surface area contributed by atoms with Crippen LogP contribution in [-0.4, -0.2) is 29.5 Å². The molecule has 1 fully saturated rings. The van der Waals surface area contributed by atoms with Gasteiger partial charge in [-0.15, -0.1) is 10.8 Å². The molecular weight excluding hydrogens is 252 g/mol. The number of nitrogens with zero attached hydrogens (tertiary/aromatic N) is 1. The summed E-state index contributed by atoms with van der Waals surface area (Å²) < 4.78 is 5.10. The van der Waals surface area contributed by atoms with Crippen molar-refractivity contribution >= 4 is 23.5 Å². The normalized spacial score (nSPS) is 14.6. The molecule has 0 aliphatic carbocycles. The maximum absolute atomic E-state index is 11.4. The number of amides is 2. The summed E-state index contributed by atoms with van der Waals surface area (Å²) in [5.41, 5.74) is 7.60. The van der Waals surface area contributed by atoms with E-state index in [9.17, 15) is 14.4 Å².